The Bertz CT molecular complexity index is 701. The second-order valence-electron chi connectivity index (χ2n) is 4.02. The molecule has 0 N–H and O–H groups in total. The van der Waals surface area contributed by atoms with Crippen molar-refractivity contribution in [3.05, 3.63) is 63.1 Å². The van der Waals surface area contributed by atoms with E-state index in [1.165, 1.54) is 16.7 Å². The van der Waals surface area contributed by atoms with Gasteiger partial charge in [0.25, 0.3) is 11.2 Å². The number of allylic oxidation sites excluding steroid dienone is 1. The predicted octanol–water partition coefficient (Wildman–Crippen LogP) is 2.40. The summed E-state index contributed by atoms with van der Waals surface area (Å²) in [6.45, 7) is 5.73. The molecule has 5 heteroatoms. The first-order valence-electron chi connectivity index (χ1n) is 5.44. The van der Waals surface area contributed by atoms with Crippen molar-refractivity contribution in [1.82, 2.24) is 4.57 Å². The molecule has 0 radical (unpaired) electrons. The lowest BCUT2D eigenvalue weighted by molar-refractivity contribution is -0.383. The van der Waals surface area contributed by atoms with Gasteiger partial charge in [-0.05, 0) is 18.6 Å². The van der Waals surface area contributed by atoms with E-state index in [0.29, 0.717) is 22.9 Å². The Morgan fingerprint density at radius 2 is 2.22 bits per heavy atom. The third-order valence-electron chi connectivity index (χ3n) is 2.80. The van der Waals surface area contributed by atoms with Crippen LogP contribution in [-0.4, -0.2) is 9.49 Å². The number of rotatable bonds is 3. The van der Waals surface area contributed by atoms with Crippen molar-refractivity contribution in [2.24, 2.45) is 0 Å². The molecular weight excluding hydrogens is 232 g/mol. The molecule has 0 aliphatic carbocycles. The summed E-state index contributed by atoms with van der Waals surface area (Å²) in [5.74, 6) is 0. The maximum absolute atomic E-state index is 12.1. The Labute approximate surface area is 103 Å². The summed E-state index contributed by atoms with van der Waals surface area (Å²) in [7, 11) is 0. The first-order valence-corrected chi connectivity index (χ1v) is 5.44. The molecule has 0 bridgehead atoms. The number of fused-ring (bicyclic) bond motifs is 1. The highest BCUT2D eigenvalue weighted by Gasteiger charge is 2.16. The molecule has 0 aliphatic heterocycles. The molecule has 5 nitrogen and oxygen atoms in total. The van der Waals surface area contributed by atoms with Crippen LogP contribution in [0.15, 0.2) is 41.8 Å². The molecule has 0 saturated heterocycles. The monoisotopic (exact) mass is 244 g/mol. The molecule has 1 heterocycles. The van der Waals surface area contributed by atoms with Crippen LogP contribution in [0, 0.1) is 17.0 Å². The normalized spacial score (nSPS) is 10.5. The second kappa shape index (κ2) is 4.44. The predicted molar refractivity (Wildman–Crippen MR) is 69.8 cm³/mol. The number of nitrogens with zero attached hydrogens (tertiary/aromatic N) is 2. The number of aromatic nitrogens is 1. The summed E-state index contributed by atoms with van der Waals surface area (Å²) in [4.78, 5) is 22.6. The number of pyridine rings is 1. The maximum atomic E-state index is 12.1. The lowest BCUT2D eigenvalue weighted by Gasteiger charge is -2.08. The van der Waals surface area contributed by atoms with Crippen molar-refractivity contribution in [2.45, 2.75) is 13.5 Å². The molecule has 0 atom stereocenters. The number of nitro benzene ring substituents is 1. The van der Waals surface area contributed by atoms with E-state index in [9.17, 15) is 14.9 Å². The Morgan fingerprint density at radius 3 is 2.83 bits per heavy atom. The van der Waals surface area contributed by atoms with Gasteiger partial charge in [-0.3, -0.25) is 14.9 Å². The van der Waals surface area contributed by atoms with Crippen molar-refractivity contribution in [1.29, 1.82) is 0 Å². The van der Waals surface area contributed by atoms with Crippen LogP contribution in [0.5, 0.6) is 0 Å². The highest BCUT2D eigenvalue weighted by atomic mass is 16.6. The lowest BCUT2D eigenvalue weighted by Crippen LogP contribution is -2.20. The topological polar surface area (TPSA) is 65.1 Å². The lowest BCUT2D eigenvalue weighted by atomic mass is 10.1. The smallest absolute Gasteiger partial charge is 0.277 e. The van der Waals surface area contributed by atoms with Gasteiger partial charge < -0.3 is 4.57 Å². The largest absolute Gasteiger partial charge is 0.311 e. The summed E-state index contributed by atoms with van der Waals surface area (Å²) < 4.78 is 1.49. The molecule has 0 spiro atoms. The summed E-state index contributed by atoms with van der Waals surface area (Å²) >= 11 is 0. The van der Waals surface area contributed by atoms with E-state index >= 15 is 0 Å². The minimum atomic E-state index is -0.466. The van der Waals surface area contributed by atoms with Crippen molar-refractivity contribution in [3.63, 3.8) is 0 Å². The summed E-state index contributed by atoms with van der Waals surface area (Å²) in [5.41, 5.74) is 0.436. The fourth-order valence-corrected chi connectivity index (χ4v) is 2.07. The highest BCUT2D eigenvalue weighted by molar-refractivity contribution is 5.92. The van der Waals surface area contributed by atoms with Gasteiger partial charge in [-0.1, -0.05) is 12.1 Å². The van der Waals surface area contributed by atoms with Gasteiger partial charge in [-0.2, -0.15) is 0 Å². The van der Waals surface area contributed by atoms with Gasteiger partial charge in [0.05, 0.1) is 15.7 Å². The highest BCUT2D eigenvalue weighted by Crippen LogP contribution is 2.26. The van der Waals surface area contributed by atoms with E-state index < -0.39 is 4.92 Å². The number of benzene rings is 1. The van der Waals surface area contributed by atoms with Crippen LogP contribution >= 0.6 is 0 Å². The number of aryl methyl sites for hydroxylation is 1. The van der Waals surface area contributed by atoms with Crippen LogP contribution < -0.4 is 5.56 Å². The molecule has 1 aromatic heterocycles. The van der Waals surface area contributed by atoms with Crippen LogP contribution in [0.2, 0.25) is 0 Å². The van der Waals surface area contributed by atoms with Gasteiger partial charge in [0.1, 0.15) is 0 Å². The summed E-state index contributed by atoms with van der Waals surface area (Å²) in [6, 6.07) is 4.55. The van der Waals surface area contributed by atoms with Gasteiger partial charge >= 0.3 is 0 Å². The second-order valence-corrected chi connectivity index (χ2v) is 4.02. The summed E-state index contributed by atoms with van der Waals surface area (Å²) in [6.07, 6.45) is 3.24. The third kappa shape index (κ3) is 1.79. The summed E-state index contributed by atoms with van der Waals surface area (Å²) in [5, 5.41) is 11.7. The van der Waals surface area contributed by atoms with Crippen molar-refractivity contribution < 1.29 is 4.92 Å². The Kier molecular flexibility index (Phi) is 2.97. The number of non-ortho nitro benzene ring substituents is 1. The first kappa shape index (κ1) is 12.0. The average Bonchev–Trinajstić information content (AvgIpc) is 2.35. The van der Waals surface area contributed by atoms with E-state index in [2.05, 4.69) is 6.58 Å². The molecule has 0 amide bonds. The van der Waals surface area contributed by atoms with E-state index in [4.69, 9.17) is 0 Å². The molecule has 0 unspecified atom stereocenters. The maximum Gasteiger partial charge on any atom is 0.277 e. The standard InChI is InChI=1S/C13H12N2O3/c1-3-7-14-8-9(2)12-10(13(14)16)5-4-6-11(12)15(17)18/h3-6,8H,1,7H2,2H3. The van der Waals surface area contributed by atoms with E-state index in [1.807, 2.05) is 0 Å². The number of nitro groups is 1. The minimum Gasteiger partial charge on any atom is -0.311 e. The molecule has 0 aliphatic rings. The van der Waals surface area contributed by atoms with Crippen molar-refractivity contribution >= 4 is 16.5 Å². The fourth-order valence-electron chi connectivity index (χ4n) is 2.07. The van der Waals surface area contributed by atoms with E-state index in [1.54, 1.807) is 25.3 Å². The zero-order valence-electron chi connectivity index (χ0n) is 9.92. The fraction of sp³-hybridized carbons (Fsp3) is 0.154. The van der Waals surface area contributed by atoms with Crippen LogP contribution in [0.3, 0.4) is 0 Å². The van der Waals surface area contributed by atoms with Crippen molar-refractivity contribution in [3.8, 4) is 0 Å². The van der Waals surface area contributed by atoms with Gasteiger partial charge in [-0.25, -0.2) is 0 Å². The van der Waals surface area contributed by atoms with E-state index in [-0.39, 0.29) is 11.2 Å². The number of hydrogen-bond acceptors (Lipinski definition) is 3. The van der Waals surface area contributed by atoms with Crippen LogP contribution in [0.4, 0.5) is 5.69 Å². The van der Waals surface area contributed by atoms with Crippen LogP contribution in [0.25, 0.3) is 10.8 Å². The zero-order chi connectivity index (χ0) is 13.3. The Balaban J connectivity index is 2.92. The zero-order valence-corrected chi connectivity index (χ0v) is 9.92. The first-order chi connectivity index (χ1) is 8.56. The Morgan fingerprint density at radius 1 is 1.50 bits per heavy atom. The molecule has 2 aromatic rings. The number of hydrogen-bond donors (Lipinski definition) is 0. The third-order valence-corrected chi connectivity index (χ3v) is 2.80. The molecule has 0 fully saturated rings. The SMILES string of the molecule is C=CCn1cc(C)c2c([N+](=O)[O-])cccc2c1=O. The van der Waals surface area contributed by atoms with Gasteiger partial charge in [0.15, 0.2) is 0 Å². The average molecular weight is 244 g/mol. The molecule has 18 heavy (non-hydrogen) atoms. The molecular formula is C13H12N2O3. The Hall–Kier alpha value is -2.43. The van der Waals surface area contributed by atoms with Crippen molar-refractivity contribution in [2.75, 3.05) is 0 Å². The molecule has 1 aromatic carbocycles. The molecule has 92 valence electrons. The molecule has 0 saturated carbocycles. The van der Waals surface area contributed by atoms with E-state index in [0.717, 1.165) is 0 Å². The van der Waals surface area contributed by atoms with Gasteiger partial charge in [-0.15, -0.1) is 6.58 Å². The molecule has 2 rings (SSSR count). The van der Waals surface area contributed by atoms with Gasteiger partial charge in [0.2, 0.25) is 0 Å². The minimum absolute atomic E-state index is 0.0344. The quantitative estimate of drug-likeness (QED) is 0.473. The van der Waals surface area contributed by atoms with Crippen LogP contribution in [-0.2, 0) is 6.54 Å². The van der Waals surface area contributed by atoms with Gasteiger partial charge in [0, 0.05) is 18.8 Å². The van der Waals surface area contributed by atoms with Crippen LogP contribution in [0.1, 0.15) is 5.56 Å².